The average Bonchev–Trinajstić information content (AvgIpc) is 2.78. The van der Waals surface area contributed by atoms with Crippen LogP contribution in [0.1, 0.15) is 25.8 Å². The number of amides is 2. The molecular formula is C11H17N3O2. The maximum atomic E-state index is 11.2. The van der Waals surface area contributed by atoms with Gasteiger partial charge in [-0.25, -0.2) is 0 Å². The summed E-state index contributed by atoms with van der Waals surface area (Å²) in [6, 6.07) is 0. The highest BCUT2D eigenvalue weighted by molar-refractivity contribution is 6.03. The van der Waals surface area contributed by atoms with E-state index in [0.717, 1.165) is 5.56 Å². The normalized spacial score (nSPS) is 19.1. The number of hydrogen-bond acceptors (Lipinski definition) is 3. The Morgan fingerprint density at radius 1 is 1.50 bits per heavy atom. The lowest BCUT2D eigenvalue weighted by Crippen LogP contribution is -2.24. The van der Waals surface area contributed by atoms with Crippen LogP contribution in [0.25, 0.3) is 0 Å². The van der Waals surface area contributed by atoms with Gasteiger partial charge in [0.15, 0.2) is 0 Å². The molecule has 5 nitrogen and oxygen atoms in total. The van der Waals surface area contributed by atoms with Crippen molar-refractivity contribution in [3.05, 3.63) is 18.0 Å². The van der Waals surface area contributed by atoms with E-state index in [1.165, 1.54) is 0 Å². The second-order valence-corrected chi connectivity index (χ2v) is 3.55. The van der Waals surface area contributed by atoms with E-state index < -0.39 is 0 Å². The minimum absolute atomic E-state index is 0.191. The Morgan fingerprint density at radius 3 is 2.62 bits per heavy atom. The molecule has 1 aliphatic rings. The van der Waals surface area contributed by atoms with E-state index in [9.17, 15) is 9.59 Å². The average molecular weight is 223 g/mol. The van der Waals surface area contributed by atoms with Crippen molar-refractivity contribution in [2.45, 2.75) is 33.7 Å². The van der Waals surface area contributed by atoms with Gasteiger partial charge in [-0.05, 0) is 12.5 Å². The summed E-state index contributed by atoms with van der Waals surface area (Å²) in [5.41, 5.74) is 1.05. The number of hydrogen-bond donors (Lipinski definition) is 1. The van der Waals surface area contributed by atoms with Crippen LogP contribution in [-0.2, 0) is 16.1 Å². The van der Waals surface area contributed by atoms with Crippen molar-refractivity contribution in [1.82, 2.24) is 15.1 Å². The number of nitrogens with one attached hydrogen (secondary N) is 1. The molecule has 1 saturated heterocycles. The van der Waals surface area contributed by atoms with Gasteiger partial charge in [0, 0.05) is 12.6 Å². The molecule has 88 valence electrons. The summed E-state index contributed by atoms with van der Waals surface area (Å²) >= 11 is 0. The molecule has 1 aliphatic heterocycles. The van der Waals surface area contributed by atoms with Gasteiger partial charge in [-0.15, -0.1) is 0 Å². The van der Waals surface area contributed by atoms with Gasteiger partial charge in [0.05, 0.1) is 18.7 Å². The van der Waals surface area contributed by atoms with Crippen LogP contribution >= 0.6 is 0 Å². The van der Waals surface area contributed by atoms with Crippen LogP contribution in [0.15, 0.2) is 12.4 Å². The fourth-order valence-electron chi connectivity index (χ4n) is 1.55. The van der Waals surface area contributed by atoms with Crippen molar-refractivity contribution in [3.8, 4) is 0 Å². The topological polar surface area (TPSA) is 64.0 Å². The van der Waals surface area contributed by atoms with E-state index in [0.29, 0.717) is 6.54 Å². The predicted octanol–water partition coefficient (Wildman–Crippen LogP) is 0.880. The number of aryl methyl sites for hydroxylation is 1. The van der Waals surface area contributed by atoms with Crippen LogP contribution in [0.3, 0.4) is 0 Å². The van der Waals surface area contributed by atoms with Crippen LogP contribution in [0.5, 0.6) is 0 Å². The van der Waals surface area contributed by atoms with Crippen molar-refractivity contribution in [2.75, 3.05) is 0 Å². The molecule has 0 radical (unpaired) electrons. The van der Waals surface area contributed by atoms with E-state index in [1.54, 1.807) is 10.9 Å². The summed E-state index contributed by atoms with van der Waals surface area (Å²) in [5.74, 6) is -0.645. The molecule has 1 fully saturated rings. The lowest BCUT2D eigenvalue weighted by Gasteiger charge is -2.04. The fraction of sp³-hybridized carbons (Fsp3) is 0.545. The summed E-state index contributed by atoms with van der Waals surface area (Å²) in [6.07, 6.45) is 3.86. The quantitative estimate of drug-likeness (QED) is 0.757. The van der Waals surface area contributed by atoms with Crippen molar-refractivity contribution in [3.63, 3.8) is 0 Å². The highest BCUT2D eigenvalue weighted by Gasteiger charge is 2.30. The number of carbonyl (C=O) groups is 2. The Labute approximate surface area is 94.8 Å². The van der Waals surface area contributed by atoms with E-state index in [4.69, 9.17) is 0 Å². The largest absolute Gasteiger partial charge is 0.296 e. The minimum Gasteiger partial charge on any atom is -0.296 e. The Bertz CT molecular complexity index is 384. The van der Waals surface area contributed by atoms with Gasteiger partial charge in [0.25, 0.3) is 0 Å². The smallest absolute Gasteiger partial charge is 0.232 e. The van der Waals surface area contributed by atoms with Gasteiger partial charge >= 0.3 is 0 Å². The summed E-state index contributed by atoms with van der Waals surface area (Å²) in [6.45, 7) is 6.41. The van der Waals surface area contributed by atoms with Gasteiger partial charge in [0.1, 0.15) is 0 Å². The van der Waals surface area contributed by atoms with Crippen LogP contribution in [-0.4, -0.2) is 21.6 Å². The van der Waals surface area contributed by atoms with Crippen LogP contribution in [0.4, 0.5) is 0 Å². The first-order chi connectivity index (χ1) is 7.65. The molecule has 0 spiro atoms. The number of carbonyl (C=O) groups excluding carboxylic acids is 2. The Morgan fingerprint density at radius 2 is 2.19 bits per heavy atom. The maximum absolute atomic E-state index is 11.2. The molecule has 0 aromatic carbocycles. The number of aromatic nitrogens is 2. The molecule has 0 aliphatic carbocycles. The molecule has 5 heteroatoms. The van der Waals surface area contributed by atoms with Gasteiger partial charge in [-0.2, -0.15) is 5.10 Å². The first-order valence-electron chi connectivity index (χ1n) is 5.48. The monoisotopic (exact) mass is 223 g/mol. The second-order valence-electron chi connectivity index (χ2n) is 3.55. The summed E-state index contributed by atoms with van der Waals surface area (Å²) in [7, 11) is 0. The predicted molar refractivity (Wildman–Crippen MR) is 59.6 cm³/mol. The highest BCUT2D eigenvalue weighted by atomic mass is 16.2. The second kappa shape index (κ2) is 5.44. The molecule has 16 heavy (non-hydrogen) atoms. The molecule has 1 aromatic rings. The van der Waals surface area contributed by atoms with Crippen molar-refractivity contribution in [1.29, 1.82) is 0 Å². The molecular weight excluding hydrogens is 206 g/mol. The molecule has 0 saturated carbocycles. The van der Waals surface area contributed by atoms with E-state index in [2.05, 4.69) is 10.4 Å². The first kappa shape index (κ1) is 12.4. The van der Waals surface area contributed by atoms with Crippen LogP contribution in [0.2, 0.25) is 0 Å². The Balaban J connectivity index is 0.000000606. The molecule has 2 amide bonds. The van der Waals surface area contributed by atoms with E-state index in [1.807, 2.05) is 27.0 Å². The lowest BCUT2D eigenvalue weighted by molar-refractivity contribution is -0.125. The van der Waals surface area contributed by atoms with Gasteiger partial charge in [-0.3, -0.25) is 19.6 Å². The number of rotatable bonds is 2. The molecule has 1 aromatic heterocycles. The molecule has 2 rings (SSSR count). The third-order valence-corrected chi connectivity index (χ3v) is 2.23. The van der Waals surface area contributed by atoms with Gasteiger partial charge in [-0.1, -0.05) is 13.8 Å². The standard InChI is InChI=1S/C9H11N3O2.C2H6/c1-6-3-10-12(4-6)5-7-2-8(13)11-9(7)14;1-2/h3-4,7H,2,5H2,1H3,(H,11,13,14);1-2H3. The van der Waals surface area contributed by atoms with Gasteiger partial charge < -0.3 is 0 Å². The van der Waals surface area contributed by atoms with Crippen molar-refractivity contribution >= 4 is 11.8 Å². The Hall–Kier alpha value is -1.65. The summed E-state index contributed by atoms with van der Waals surface area (Å²) in [5, 5.41) is 6.34. The third-order valence-electron chi connectivity index (χ3n) is 2.23. The lowest BCUT2D eigenvalue weighted by atomic mass is 10.1. The van der Waals surface area contributed by atoms with E-state index in [-0.39, 0.29) is 24.2 Å². The zero-order valence-electron chi connectivity index (χ0n) is 9.86. The molecule has 0 bridgehead atoms. The van der Waals surface area contributed by atoms with E-state index >= 15 is 0 Å². The summed E-state index contributed by atoms with van der Waals surface area (Å²) in [4.78, 5) is 22.1. The van der Waals surface area contributed by atoms with Crippen molar-refractivity contribution in [2.24, 2.45) is 5.92 Å². The fourth-order valence-corrected chi connectivity index (χ4v) is 1.55. The number of nitrogens with zero attached hydrogens (tertiary/aromatic N) is 2. The Kier molecular flexibility index (Phi) is 4.22. The first-order valence-corrected chi connectivity index (χ1v) is 5.48. The number of imide groups is 1. The van der Waals surface area contributed by atoms with Crippen LogP contribution < -0.4 is 5.32 Å². The molecule has 1 atom stereocenters. The minimum atomic E-state index is -0.262. The highest BCUT2D eigenvalue weighted by Crippen LogP contribution is 2.12. The maximum Gasteiger partial charge on any atom is 0.232 e. The summed E-state index contributed by atoms with van der Waals surface area (Å²) < 4.78 is 1.69. The molecule has 2 heterocycles. The zero-order chi connectivity index (χ0) is 12.1. The third kappa shape index (κ3) is 2.92. The molecule has 1 N–H and O–H groups in total. The zero-order valence-corrected chi connectivity index (χ0v) is 9.86. The SMILES string of the molecule is CC.Cc1cnn(CC2CC(=O)NC2=O)c1. The van der Waals surface area contributed by atoms with Crippen LogP contribution in [0, 0.1) is 12.8 Å². The molecule has 1 unspecified atom stereocenters. The van der Waals surface area contributed by atoms with Gasteiger partial charge in [0.2, 0.25) is 11.8 Å². The van der Waals surface area contributed by atoms with Crippen molar-refractivity contribution < 1.29 is 9.59 Å².